The molecule has 0 aromatic rings. The first kappa shape index (κ1) is 10.4. The minimum Gasteiger partial charge on any atom is -0.437 e. The van der Waals surface area contributed by atoms with Crippen LogP contribution in [0.5, 0.6) is 0 Å². The molecule has 0 fully saturated rings. The molecule has 0 saturated heterocycles. The lowest BCUT2D eigenvalue weighted by molar-refractivity contribution is -0.523. The van der Waals surface area contributed by atoms with Gasteiger partial charge in [-0.2, -0.15) is 0 Å². The van der Waals surface area contributed by atoms with Crippen molar-refractivity contribution in [3.8, 4) is 0 Å². The molecule has 0 aromatic carbocycles. The molecule has 1 aliphatic carbocycles. The van der Waals surface area contributed by atoms with Crippen LogP contribution in [0, 0.1) is 10.1 Å². The Hall–Kier alpha value is -1.65. The van der Waals surface area contributed by atoms with Gasteiger partial charge >= 0.3 is 0 Å². The predicted octanol–water partition coefficient (Wildman–Crippen LogP) is 1.43. The second kappa shape index (κ2) is 5.16. The summed E-state index contributed by atoms with van der Waals surface area (Å²) in [4.78, 5) is 20.1. The van der Waals surface area contributed by atoms with E-state index in [9.17, 15) is 14.9 Å². The molecule has 0 heterocycles. The highest BCUT2D eigenvalue weighted by Crippen LogP contribution is 2.21. The molecule has 5 nitrogen and oxygen atoms in total. The Morgan fingerprint density at radius 2 is 2.43 bits per heavy atom. The highest BCUT2D eigenvalue weighted by molar-refractivity contribution is 5.38. The first-order chi connectivity index (χ1) is 6.74. The molecule has 76 valence electrons. The lowest BCUT2D eigenvalue weighted by atomic mass is 9.95. The van der Waals surface area contributed by atoms with Crippen molar-refractivity contribution in [1.82, 2.24) is 0 Å². The van der Waals surface area contributed by atoms with Crippen LogP contribution in [0.15, 0.2) is 24.0 Å². The summed E-state index contributed by atoms with van der Waals surface area (Å²) >= 11 is 0. The van der Waals surface area contributed by atoms with Crippen LogP contribution in [-0.2, 0) is 9.53 Å². The Kier molecular flexibility index (Phi) is 3.84. The van der Waals surface area contributed by atoms with Gasteiger partial charge in [0.25, 0.3) is 6.47 Å². The van der Waals surface area contributed by atoms with E-state index in [4.69, 9.17) is 0 Å². The second-order valence-corrected chi connectivity index (χ2v) is 3.03. The van der Waals surface area contributed by atoms with Crippen LogP contribution < -0.4 is 0 Å². The molecule has 0 aliphatic heterocycles. The molecule has 1 aliphatic rings. The fourth-order valence-electron chi connectivity index (χ4n) is 1.39. The molecule has 0 spiro atoms. The minimum atomic E-state index is -0.504. The SMILES string of the molecule is O=CO/C=C/C1=CCCC([N+](=O)[O-])C1. The zero-order valence-electron chi connectivity index (χ0n) is 7.59. The molecule has 1 rings (SSSR count). The third-order valence-corrected chi connectivity index (χ3v) is 2.09. The Labute approximate surface area is 81.2 Å². The second-order valence-electron chi connectivity index (χ2n) is 3.03. The highest BCUT2D eigenvalue weighted by Gasteiger charge is 2.23. The number of hydrogen-bond donors (Lipinski definition) is 0. The van der Waals surface area contributed by atoms with E-state index in [0.29, 0.717) is 25.7 Å². The molecule has 0 saturated carbocycles. The maximum absolute atomic E-state index is 10.5. The summed E-state index contributed by atoms with van der Waals surface area (Å²) in [6.45, 7) is 0.310. The molecule has 1 atom stereocenters. The molecule has 0 aromatic heterocycles. The first-order valence-electron chi connectivity index (χ1n) is 4.32. The summed E-state index contributed by atoms with van der Waals surface area (Å²) in [7, 11) is 0. The predicted molar refractivity (Wildman–Crippen MR) is 49.0 cm³/mol. The van der Waals surface area contributed by atoms with Crippen molar-refractivity contribution in [1.29, 1.82) is 0 Å². The largest absolute Gasteiger partial charge is 0.437 e. The highest BCUT2D eigenvalue weighted by atomic mass is 16.6. The zero-order valence-corrected chi connectivity index (χ0v) is 7.59. The minimum absolute atomic E-state index is 0.262. The van der Waals surface area contributed by atoms with Gasteiger partial charge in [-0.3, -0.25) is 14.9 Å². The Balaban J connectivity index is 2.50. The van der Waals surface area contributed by atoms with E-state index in [1.807, 2.05) is 6.08 Å². The standard InChI is InChI=1S/C9H11NO4/c11-7-14-5-4-8-2-1-3-9(6-8)10(12)13/h2,4-5,7,9H,1,3,6H2/b5-4+. The summed E-state index contributed by atoms with van der Waals surface area (Å²) in [5, 5.41) is 10.5. The van der Waals surface area contributed by atoms with E-state index in [0.717, 1.165) is 5.57 Å². The fraction of sp³-hybridized carbons (Fsp3) is 0.444. The number of carbonyl (C=O) groups is 1. The summed E-state index contributed by atoms with van der Waals surface area (Å²) in [5.74, 6) is 0. The molecule has 1 unspecified atom stereocenters. The van der Waals surface area contributed by atoms with E-state index < -0.39 is 6.04 Å². The molecular formula is C9H11NO4. The van der Waals surface area contributed by atoms with Crippen LogP contribution >= 0.6 is 0 Å². The van der Waals surface area contributed by atoms with Crippen molar-refractivity contribution >= 4 is 6.47 Å². The Morgan fingerprint density at radius 1 is 1.64 bits per heavy atom. The van der Waals surface area contributed by atoms with Gasteiger partial charge in [0.15, 0.2) is 0 Å². The van der Waals surface area contributed by atoms with Gasteiger partial charge in [0.2, 0.25) is 6.04 Å². The van der Waals surface area contributed by atoms with Crippen LogP contribution in [0.1, 0.15) is 19.3 Å². The summed E-state index contributed by atoms with van der Waals surface area (Å²) in [6.07, 6.45) is 6.44. The smallest absolute Gasteiger partial charge is 0.297 e. The van der Waals surface area contributed by atoms with Crippen molar-refractivity contribution in [2.45, 2.75) is 25.3 Å². The zero-order chi connectivity index (χ0) is 10.4. The van der Waals surface area contributed by atoms with Crippen molar-refractivity contribution in [2.24, 2.45) is 0 Å². The molecule has 0 bridgehead atoms. The van der Waals surface area contributed by atoms with Crippen molar-refractivity contribution in [2.75, 3.05) is 0 Å². The van der Waals surface area contributed by atoms with E-state index in [1.165, 1.54) is 6.26 Å². The molecule has 0 radical (unpaired) electrons. The quantitative estimate of drug-likeness (QED) is 0.296. The van der Waals surface area contributed by atoms with Gasteiger partial charge in [-0.1, -0.05) is 6.08 Å². The van der Waals surface area contributed by atoms with E-state index in [2.05, 4.69) is 4.74 Å². The number of rotatable bonds is 4. The normalized spacial score (nSPS) is 21.7. The van der Waals surface area contributed by atoms with Crippen LogP contribution in [-0.4, -0.2) is 17.4 Å². The summed E-state index contributed by atoms with van der Waals surface area (Å²) in [6, 6.07) is -0.504. The Bertz CT molecular complexity index is 283. The molecule has 5 heteroatoms. The Morgan fingerprint density at radius 3 is 3.07 bits per heavy atom. The maximum atomic E-state index is 10.5. The summed E-state index contributed by atoms with van der Waals surface area (Å²) < 4.78 is 4.36. The third kappa shape index (κ3) is 3.01. The molecular weight excluding hydrogens is 186 g/mol. The van der Waals surface area contributed by atoms with E-state index in [1.54, 1.807) is 6.08 Å². The molecule has 14 heavy (non-hydrogen) atoms. The number of hydrogen-bond acceptors (Lipinski definition) is 4. The van der Waals surface area contributed by atoms with Gasteiger partial charge in [0.1, 0.15) is 0 Å². The van der Waals surface area contributed by atoms with Crippen molar-refractivity contribution in [3.63, 3.8) is 0 Å². The van der Waals surface area contributed by atoms with Crippen LogP contribution in [0.3, 0.4) is 0 Å². The average molecular weight is 197 g/mol. The van der Waals surface area contributed by atoms with Gasteiger partial charge in [-0.25, -0.2) is 0 Å². The van der Waals surface area contributed by atoms with Crippen LogP contribution in [0.4, 0.5) is 0 Å². The number of nitrogens with zero attached hydrogens (tertiary/aromatic N) is 1. The number of carbonyl (C=O) groups excluding carboxylic acids is 1. The van der Waals surface area contributed by atoms with E-state index >= 15 is 0 Å². The van der Waals surface area contributed by atoms with Gasteiger partial charge in [-0.05, 0) is 18.1 Å². The van der Waals surface area contributed by atoms with Gasteiger partial charge in [0, 0.05) is 17.8 Å². The number of nitro groups is 1. The molecule has 0 N–H and O–H groups in total. The van der Waals surface area contributed by atoms with Gasteiger partial charge in [-0.15, -0.1) is 0 Å². The summed E-state index contributed by atoms with van der Waals surface area (Å²) in [5.41, 5.74) is 0.847. The maximum Gasteiger partial charge on any atom is 0.297 e. The monoisotopic (exact) mass is 197 g/mol. The average Bonchev–Trinajstić information content (AvgIpc) is 2.19. The fourth-order valence-corrected chi connectivity index (χ4v) is 1.39. The lowest BCUT2D eigenvalue weighted by Crippen LogP contribution is -2.21. The number of ether oxygens (including phenoxy) is 1. The van der Waals surface area contributed by atoms with Crippen LogP contribution in [0.2, 0.25) is 0 Å². The van der Waals surface area contributed by atoms with Gasteiger partial charge in [0.05, 0.1) is 6.26 Å². The van der Waals surface area contributed by atoms with Gasteiger partial charge < -0.3 is 4.74 Å². The lowest BCUT2D eigenvalue weighted by Gasteiger charge is -2.13. The van der Waals surface area contributed by atoms with Crippen molar-refractivity contribution in [3.05, 3.63) is 34.1 Å². The van der Waals surface area contributed by atoms with E-state index in [-0.39, 0.29) is 4.92 Å². The first-order valence-corrected chi connectivity index (χ1v) is 4.32. The third-order valence-electron chi connectivity index (χ3n) is 2.09. The topological polar surface area (TPSA) is 69.4 Å². The number of allylic oxidation sites excluding steroid dienone is 2. The van der Waals surface area contributed by atoms with Crippen LogP contribution in [0.25, 0.3) is 0 Å². The molecule has 0 amide bonds. The van der Waals surface area contributed by atoms with Crippen molar-refractivity contribution < 1.29 is 14.5 Å².